The highest BCUT2D eigenvalue weighted by Crippen LogP contribution is 2.21. The molecule has 7 heteroatoms. The van der Waals surface area contributed by atoms with E-state index in [9.17, 15) is 4.79 Å². The zero-order valence-corrected chi connectivity index (χ0v) is 14.3. The van der Waals surface area contributed by atoms with Crippen molar-refractivity contribution >= 4 is 12.0 Å². The van der Waals surface area contributed by atoms with Crippen LogP contribution in [-0.2, 0) is 4.74 Å². The second-order valence-corrected chi connectivity index (χ2v) is 7.06. The summed E-state index contributed by atoms with van der Waals surface area (Å²) >= 11 is 0. The maximum absolute atomic E-state index is 12.2. The lowest BCUT2D eigenvalue weighted by atomic mass is 10.2. The van der Waals surface area contributed by atoms with Crippen LogP contribution in [0.3, 0.4) is 0 Å². The van der Waals surface area contributed by atoms with Crippen molar-refractivity contribution in [1.82, 2.24) is 15.0 Å². The number of amides is 1. The predicted octanol–water partition coefficient (Wildman–Crippen LogP) is 2.64. The van der Waals surface area contributed by atoms with Gasteiger partial charge in [0.15, 0.2) is 0 Å². The monoisotopic (exact) mass is 310 g/mol. The maximum Gasteiger partial charge on any atom is 0.410 e. The van der Waals surface area contributed by atoms with E-state index in [-0.39, 0.29) is 18.1 Å². The van der Waals surface area contributed by atoms with Gasteiger partial charge in [0, 0.05) is 31.6 Å². The number of anilines is 1. The van der Waals surface area contributed by atoms with Crippen LogP contribution in [0.25, 0.3) is 0 Å². The van der Waals surface area contributed by atoms with E-state index in [1.54, 1.807) is 4.90 Å². The van der Waals surface area contributed by atoms with Crippen LogP contribution in [0.15, 0.2) is 4.52 Å². The Kier molecular flexibility index (Phi) is 4.63. The highest BCUT2D eigenvalue weighted by molar-refractivity contribution is 5.69. The van der Waals surface area contributed by atoms with E-state index in [0.29, 0.717) is 31.5 Å². The summed E-state index contributed by atoms with van der Waals surface area (Å²) in [5, 5.41) is 4.03. The van der Waals surface area contributed by atoms with Gasteiger partial charge in [0.25, 0.3) is 5.95 Å². The molecule has 2 heterocycles. The summed E-state index contributed by atoms with van der Waals surface area (Å²) in [4.78, 5) is 20.4. The molecule has 0 N–H and O–H groups in total. The lowest BCUT2D eigenvalue weighted by molar-refractivity contribution is 0.0158. The third-order valence-corrected chi connectivity index (χ3v) is 3.46. The molecule has 0 aliphatic carbocycles. The maximum atomic E-state index is 12.2. The average Bonchev–Trinajstić information content (AvgIpc) is 2.85. The molecular weight excluding hydrogens is 284 g/mol. The van der Waals surface area contributed by atoms with Gasteiger partial charge in [-0.25, -0.2) is 4.79 Å². The predicted molar refractivity (Wildman–Crippen MR) is 83.0 cm³/mol. The lowest BCUT2D eigenvalue weighted by Gasteiger charge is -2.39. The number of aromatic nitrogens is 2. The van der Waals surface area contributed by atoms with Gasteiger partial charge in [-0.3, -0.25) is 0 Å². The van der Waals surface area contributed by atoms with Gasteiger partial charge < -0.3 is 19.1 Å². The van der Waals surface area contributed by atoms with Crippen LogP contribution in [0.5, 0.6) is 0 Å². The van der Waals surface area contributed by atoms with Crippen molar-refractivity contribution in [3.05, 3.63) is 5.89 Å². The molecular formula is C15H26N4O3. The van der Waals surface area contributed by atoms with Gasteiger partial charge in [0.1, 0.15) is 5.60 Å². The summed E-state index contributed by atoms with van der Waals surface area (Å²) in [5.41, 5.74) is -0.478. The van der Waals surface area contributed by atoms with Gasteiger partial charge >= 0.3 is 6.09 Å². The zero-order chi connectivity index (χ0) is 16.5. The number of hydrogen-bond donors (Lipinski definition) is 0. The van der Waals surface area contributed by atoms with E-state index in [0.717, 1.165) is 0 Å². The van der Waals surface area contributed by atoms with Gasteiger partial charge in [0.05, 0.1) is 0 Å². The third kappa shape index (κ3) is 3.90. The molecule has 0 unspecified atom stereocenters. The Bertz CT molecular complexity index is 521. The first-order valence-corrected chi connectivity index (χ1v) is 7.75. The van der Waals surface area contributed by atoms with Crippen LogP contribution >= 0.6 is 0 Å². The van der Waals surface area contributed by atoms with E-state index < -0.39 is 5.60 Å². The number of carbonyl (C=O) groups excluding carboxylic acids is 1. The summed E-state index contributed by atoms with van der Waals surface area (Å²) in [6.45, 7) is 13.6. The fourth-order valence-corrected chi connectivity index (χ4v) is 2.32. The van der Waals surface area contributed by atoms with Crippen LogP contribution in [-0.4, -0.2) is 52.4 Å². The van der Waals surface area contributed by atoms with Gasteiger partial charge in [-0.15, -0.1) is 0 Å². The van der Waals surface area contributed by atoms with Crippen LogP contribution in [0.2, 0.25) is 0 Å². The molecule has 1 amide bonds. The van der Waals surface area contributed by atoms with Crippen molar-refractivity contribution < 1.29 is 14.1 Å². The highest BCUT2D eigenvalue weighted by atomic mass is 16.6. The number of hydrogen-bond acceptors (Lipinski definition) is 6. The molecule has 1 aliphatic rings. The first-order valence-electron chi connectivity index (χ1n) is 7.75. The SMILES string of the molecule is CC(C)c1nc(N2CCN(C(=O)OC(C)(C)C)[C@H](C)C2)no1. The van der Waals surface area contributed by atoms with Gasteiger partial charge in [-0.2, -0.15) is 4.98 Å². The Morgan fingerprint density at radius 3 is 2.55 bits per heavy atom. The molecule has 7 nitrogen and oxygen atoms in total. The molecule has 22 heavy (non-hydrogen) atoms. The summed E-state index contributed by atoms with van der Waals surface area (Å²) in [6, 6.07) is 0.0320. The third-order valence-electron chi connectivity index (χ3n) is 3.46. The minimum Gasteiger partial charge on any atom is -0.444 e. The number of carbonyl (C=O) groups is 1. The molecule has 0 radical (unpaired) electrons. The van der Waals surface area contributed by atoms with Crippen LogP contribution in [0, 0.1) is 0 Å². The van der Waals surface area contributed by atoms with Crippen molar-refractivity contribution in [2.45, 2.75) is 59.1 Å². The molecule has 2 rings (SSSR count). The Morgan fingerprint density at radius 1 is 1.36 bits per heavy atom. The number of ether oxygens (including phenoxy) is 1. The van der Waals surface area contributed by atoms with Crippen LogP contribution < -0.4 is 4.90 Å². The molecule has 0 aromatic carbocycles. The van der Waals surface area contributed by atoms with Gasteiger partial charge in [0.2, 0.25) is 5.89 Å². The average molecular weight is 310 g/mol. The fourth-order valence-electron chi connectivity index (χ4n) is 2.32. The fraction of sp³-hybridized carbons (Fsp3) is 0.800. The Labute approximate surface area is 131 Å². The van der Waals surface area contributed by atoms with Crippen molar-refractivity contribution in [2.75, 3.05) is 24.5 Å². The molecule has 1 fully saturated rings. The van der Waals surface area contributed by atoms with E-state index in [1.807, 2.05) is 46.4 Å². The lowest BCUT2D eigenvalue weighted by Crippen LogP contribution is -2.55. The van der Waals surface area contributed by atoms with Crippen LogP contribution in [0.4, 0.5) is 10.7 Å². The largest absolute Gasteiger partial charge is 0.444 e. The summed E-state index contributed by atoms with van der Waals surface area (Å²) < 4.78 is 10.7. The Morgan fingerprint density at radius 2 is 2.05 bits per heavy atom. The van der Waals surface area contributed by atoms with Crippen molar-refractivity contribution in [1.29, 1.82) is 0 Å². The summed E-state index contributed by atoms with van der Waals surface area (Å²) in [7, 11) is 0. The first kappa shape index (κ1) is 16.6. The number of piperazine rings is 1. The van der Waals surface area contributed by atoms with E-state index in [2.05, 4.69) is 10.1 Å². The molecule has 1 atom stereocenters. The zero-order valence-electron chi connectivity index (χ0n) is 14.3. The minimum absolute atomic E-state index is 0.0320. The molecule has 0 bridgehead atoms. The van der Waals surface area contributed by atoms with Crippen molar-refractivity contribution in [2.24, 2.45) is 0 Å². The summed E-state index contributed by atoms with van der Waals surface area (Å²) in [5.74, 6) is 1.44. The minimum atomic E-state index is -0.478. The quantitative estimate of drug-likeness (QED) is 0.836. The number of rotatable bonds is 2. The molecule has 1 saturated heterocycles. The van der Waals surface area contributed by atoms with E-state index >= 15 is 0 Å². The molecule has 1 aromatic heterocycles. The van der Waals surface area contributed by atoms with Crippen LogP contribution in [0.1, 0.15) is 53.4 Å². The molecule has 124 valence electrons. The summed E-state index contributed by atoms with van der Waals surface area (Å²) in [6.07, 6.45) is -0.268. The van der Waals surface area contributed by atoms with Crippen molar-refractivity contribution in [3.63, 3.8) is 0 Å². The normalized spacial score (nSPS) is 19.7. The topological polar surface area (TPSA) is 71.7 Å². The Hall–Kier alpha value is -1.79. The van der Waals surface area contributed by atoms with Gasteiger partial charge in [-0.05, 0) is 32.9 Å². The molecule has 1 aromatic rings. The smallest absolute Gasteiger partial charge is 0.410 e. The van der Waals surface area contributed by atoms with E-state index in [1.165, 1.54) is 0 Å². The molecule has 0 saturated carbocycles. The standard InChI is InChI=1S/C15H26N4O3/c1-10(2)12-16-13(17-22-12)18-7-8-19(11(3)9-18)14(20)21-15(4,5)6/h10-11H,7-9H2,1-6H3/t11-/m1/s1. The highest BCUT2D eigenvalue weighted by Gasteiger charge is 2.32. The molecule has 0 spiro atoms. The Balaban J connectivity index is 1.98. The molecule has 1 aliphatic heterocycles. The van der Waals surface area contributed by atoms with E-state index in [4.69, 9.17) is 9.26 Å². The second kappa shape index (κ2) is 6.14. The number of nitrogens with zero attached hydrogens (tertiary/aromatic N) is 4. The van der Waals surface area contributed by atoms with Crippen molar-refractivity contribution in [3.8, 4) is 0 Å². The second-order valence-electron chi connectivity index (χ2n) is 7.06. The van der Waals surface area contributed by atoms with Gasteiger partial charge in [-0.1, -0.05) is 13.8 Å². The first-order chi connectivity index (χ1) is 10.2.